The Kier molecular flexibility index (Phi) is 10.8. The van der Waals surface area contributed by atoms with E-state index in [1.807, 2.05) is 71.0 Å². The van der Waals surface area contributed by atoms with Gasteiger partial charge in [0.25, 0.3) is 10.0 Å². The molecule has 0 aliphatic carbocycles. The van der Waals surface area contributed by atoms with Crippen molar-refractivity contribution in [3.8, 4) is 0 Å². The number of halogens is 1. The largest absolute Gasteiger partial charge is 0.352 e. The van der Waals surface area contributed by atoms with Gasteiger partial charge in [0.05, 0.1) is 10.6 Å². The number of hydrogen-bond acceptors (Lipinski definition) is 4. The summed E-state index contributed by atoms with van der Waals surface area (Å²) in [5.74, 6) is -0.745. The van der Waals surface area contributed by atoms with Crippen molar-refractivity contribution in [2.75, 3.05) is 10.8 Å². The molecule has 0 saturated heterocycles. The quantitative estimate of drug-likeness (QED) is 0.289. The first kappa shape index (κ1) is 31.2. The summed E-state index contributed by atoms with van der Waals surface area (Å²) in [6.07, 6.45) is 1.11. The summed E-state index contributed by atoms with van der Waals surface area (Å²) in [7, 11) is -4.15. The lowest BCUT2D eigenvalue weighted by atomic mass is 10.1. The summed E-state index contributed by atoms with van der Waals surface area (Å²) < 4.78 is 29.0. The molecule has 2 atom stereocenters. The molecular weight excluding hydrogens is 546 g/mol. The second-order valence-corrected chi connectivity index (χ2v) is 12.3. The summed E-state index contributed by atoms with van der Waals surface area (Å²) in [4.78, 5) is 28.9. The topological polar surface area (TPSA) is 86.8 Å². The molecule has 3 aromatic rings. The van der Waals surface area contributed by atoms with Crippen LogP contribution in [0.25, 0.3) is 0 Å². The van der Waals surface area contributed by atoms with E-state index < -0.39 is 28.5 Å². The summed E-state index contributed by atoms with van der Waals surface area (Å²) >= 11 is 6.02. The molecule has 0 aliphatic heterocycles. The Balaban J connectivity index is 2.07. The minimum atomic E-state index is -4.15. The fourth-order valence-corrected chi connectivity index (χ4v) is 5.82. The molecule has 3 rings (SSSR count). The van der Waals surface area contributed by atoms with Crippen LogP contribution < -0.4 is 9.62 Å². The van der Waals surface area contributed by atoms with Crippen LogP contribution in [0.15, 0.2) is 77.7 Å². The van der Waals surface area contributed by atoms with E-state index in [0.717, 1.165) is 27.4 Å². The first-order valence-electron chi connectivity index (χ1n) is 13.5. The second kappa shape index (κ2) is 13.8. The van der Waals surface area contributed by atoms with E-state index >= 15 is 0 Å². The van der Waals surface area contributed by atoms with Crippen molar-refractivity contribution in [1.82, 2.24) is 10.2 Å². The minimum Gasteiger partial charge on any atom is -0.352 e. The van der Waals surface area contributed by atoms with Gasteiger partial charge in [0.1, 0.15) is 12.6 Å². The lowest BCUT2D eigenvalue weighted by Crippen LogP contribution is -2.53. The number of nitrogens with zero attached hydrogens (tertiary/aromatic N) is 2. The Hall–Kier alpha value is -3.36. The Morgan fingerprint density at radius 3 is 2.12 bits per heavy atom. The highest BCUT2D eigenvalue weighted by molar-refractivity contribution is 7.92. The van der Waals surface area contributed by atoms with E-state index in [1.54, 1.807) is 12.1 Å². The Morgan fingerprint density at radius 2 is 1.55 bits per heavy atom. The number of amides is 2. The van der Waals surface area contributed by atoms with Crippen LogP contribution in [0.5, 0.6) is 0 Å². The van der Waals surface area contributed by atoms with E-state index in [4.69, 9.17) is 11.6 Å². The number of carbonyl (C=O) groups excluding carboxylic acids is 2. The lowest BCUT2D eigenvalue weighted by molar-refractivity contribution is -0.140. The van der Waals surface area contributed by atoms with Crippen LogP contribution >= 0.6 is 11.6 Å². The van der Waals surface area contributed by atoms with E-state index in [9.17, 15) is 18.0 Å². The van der Waals surface area contributed by atoms with E-state index in [1.165, 1.54) is 29.2 Å². The average molecular weight is 584 g/mol. The number of rotatable bonds is 12. The van der Waals surface area contributed by atoms with Crippen molar-refractivity contribution in [3.63, 3.8) is 0 Å². The molecule has 214 valence electrons. The molecule has 0 bridgehead atoms. The zero-order chi connectivity index (χ0) is 29.4. The molecule has 0 saturated carbocycles. The third-order valence-electron chi connectivity index (χ3n) is 7.04. The maximum atomic E-state index is 14.1. The Labute approximate surface area is 243 Å². The van der Waals surface area contributed by atoms with Crippen LogP contribution in [0.3, 0.4) is 0 Å². The highest BCUT2D eigenvalue weighted by Gasteiger charge is 2.34. The van der Waals surface area contributed by atoms with Gasteiger partial charge < -0.3 is 10.2 Å². The Morgan fingerprint density at radius 1 is 0.900 bits per heavy atom. The Bertz CT molecular complexity index is 1410. The normalized spacial score (nSPS) is 12.8. The van der Waals surface area contributed by atoms with Gasteiger partial charge in [0.15, 0.2) is 0 Å². The fourth-order valence-electron chi connectivity index (χ4n) is 4.28. The standard InChI is InChI=1S/C31H38ClN3O4S/c1-6-24(5)33-31(37)29(7-2)34(20-25-11-9-8-10-12-25)30(36)21-35(27-16-13-22(3)23(4)19-27)40(38,39)28-17-14-26(32)15-18-28/h8-19,24,29H,6-7,20-21H2,1-5H3,(H,33,37)/t24-,29-/m1/s1. The van der Waals surface area contributed by atoms with Crippen LogP contribution in [-0.4, -0.2) is 43.8 Å². The third-order valence-corrected chi connectivity index (χ3v) is 9.08. The van der Waals surface area contributed by atoms with Crippen molar-refractivity contribution in [3.05, 3.63) is 94.5 Å². The number of anilines is 1. The minimum absolute atomic E-state index is 0.0130. The summed E-state index contributed by atoms with van der Waals surface area (Å²) in [6.45, 7) is 9.24. The van der Waals surface area contributed by atoms with Crippen LogP contribution in [0.2, 0.25) is 5.02 Å². The molecule has 0 spiro atoms. The zero-order valence-electron chi connectivity index (χ0n) is 23.7. The molecule has 0 radical (unpaired) electrons. The maximum Gasteiger partial charge on any atom is 0.264 e. The van der Waals surface area contributed by atoms with Crippen LogP contribution in [0, 0.1) is 13.8 Å². The predicted octanol–water partition coefficient (Wildman–Crippen LogP) is 5.87. The first-order chi connectivity index (χ1) is 19.0. The number of hydrogen-bond donors (Lipinski definition) is 1. The smallest absolute Gasteiger partial charge is 0.264 e. The molecule has 40 heavy (non-hydrogen) atoms. The molecule has 1 N–H and O–H groups in total. The van der Waals surface area contributed by atoms with E-state index in [-0.39, 0.29) is 23.4 Å². The molecule has 0 aromatic heterocycles. The van der Waals surface area contributed by atoms with Gasteiger partial charge in [-0.3, -0.25) is 13.9 Å². The predicted molar refractivity (Wildman–Crippen MR) is 161 cm³/mol. The van der Waals surface area contributed by atoms with Gasteiger partial charge >= 0.3 is 0 Å². The molecule has 0 aliphatic rings. The highest BCUT2D eigenvalue weighted by atomic mass is 35.5. The number of sulfonamides is 1. The van der Waals surface area contributed by atoms with Crippen LogP contribution in [0.1, 0.15) is 50.3 Å². The molecule has 0 unspecified atom stereocenters. The van der Waals surface area contributed by atoms with Gasteiger partial charge in [-0.15, -0.1) is 0 Å². The van der Waals surface area contributed by atoms with Crippen molar-refractivity contribution < 1.29 is 18.0 Å². The fraction of sp³-hybridized carbons (Fsp3) is 0.355. The number of aryl methyl sites for hydroxylation is 2. The van der Waals surface area contributed by atoms with Gasteiger partial charge in [-0.2, -0.15) is 0 Å². The van der Waals surface area contributed by atoms with Gasteiger partial charge in [0, 0.05) is 17.6 Å². The van der Waals surface area contributed by atoms with Crippen molar-refractivity contribution in [2.24, 2.45) is 0 Å². The van der Waals surface area contributed by atoms with E-state index in [2.05, 4.69) is 5.32 Å². The summed E-state index contributed by atoms with van der Waals surface area (Å²) in [5.41, 5.74) is 3.09. The van der Waals surface area contributed by atoms with Gasteiger partial charge in [-0.05, 0) is 86.7 Å². The molecular formula is C31H38ClN3O4S. The van der Waals surface area contributed by atoms with Crippen LogP contribution in [0.4, 0.5) is 5.69 Å². The molecule has 0 heterocycles. The zero-order valence-corrected chi connectivity index (χ0v) is 25.3. The lowest BCUT2D eigenvalue weighted by Gasteiger charge is -2.34. The molecule has 9 heteroatoms. The molecule has 0 fully saturated rings. The maximum absolute atomic E-state index is 14.1. The number of carbonyl (C=O) groups is 2. The average Bonchev–Trinajstić information content (AvgIpc) is 2.93. The number of benzene rings is 3. The monoisotopic (exact) mass is 583 g/mol. The molecule has 3 aromatic carbocycles. The second-order valence-electron chi connectivity index (χ2n) is 9.98. The van der Waals surface area contributed by atoms with Gasteiger partial charge in [-0.1, -0.05) is 61.8 Å². The van der Waals surface area contributed by atoms with Crippen molar-refractivity contribution >= 4 is 39.1 Å². The molecule has 2 amide bonds. The van der Waals surface area contributed by atoms with E-state index in [0.29, 0.717) is 17.1 Å². The van der Waals surface area contributed by atoms with Crippen LogP contribution in [-0.2, 0) is 26.2 Å². The third kappa shape index (κ3) is 7.64. The number of nitrogens with one attached hydrogen (secondary N) is 1. The van der Waals surface area contributed by atoms with Crippen molar-refractivity contribution in [2.45, 2.75) is 71.0 Å². The highest BCUT2D eigenvalue weighted by Crippen LogP contribution is 2.27. The van der Waals surface area contributed by atoms with Gasteiger partial charge in [0.2, 0.25) is 11.8 Å². The molecule has 7 nitrogen and oxygen atoms in total. The van der Waals surface area contributed by atoms with Crippen molar-refractivity contribution in [1.29, 1.82) is 0 Å². The summed E-state index contributed by atoms with van der Waals surface area (Å²) in [6, 6.07) is 19.7. The van der Waals surface area contributed by atoms with Gasteiger partial charge in [-0.25, -0.2) is 8.42 Å². The summed E-state index contributed by atoms with van der Waals surface area (Å²) in [5, 5.41) is 3.39. The SMILES string of the molecule is CC[C@@H](C)NC(=O)[C@@H](CC)N(Cc1ccccc1)C(=O)CN(c1ccc(C)c(C)c1)S(=O)(=O)c1ccc(Cl)cc1. The first-order valence-corrected chi connectivity index (χ1v) is 15.3.